The quantitative estimate of drug-likeness (QED) is 0.0800. The molecule has 2 N–H and O–H groups in total. The van der Waals surface area contributed by atoms with Gasteiger partial charge in [0, 0.05) is 22.7 Å². The molecule has 0 heterocycles. The molecule has 0 unspecified atom stereocenters. The third kappa shape index (κ3) is 9.90. The van der Waals surface area contributed by atoms with Crippen LogP contribution in [0.25, 0.3) is 11.1 Å². The van der Waals surface area contributed by atoms with Gasteiger partial charge in [-0.05, 0) is 97.4 Å². The Hall–Kier alpha value is -4.21. The Balaban J connectivity index is 1.40. The summed E-state index contributed by atoms with van der Waals surface area (Å²) >= 11 is 0. The highest BCUT2D eigenvalue weighted by atomic mass is 28.2. The van der Waals surface area contributed by atoms with Gasteiger partial charge in [0.2, 0.25) is 0 Å². The van der Waals surface area contributed by atoms with Crippen LogP contribution in [0.2, 0.25) is 0 Å². The van der Waals surface area contributed by atoms with Crippen LogP contribution >= 0.6 is 0 Å². The van der Waals surface area contributed by atoms with Gasteiger partial charge in [0.1, 0.15) is 0 Å². The summed E-state index contributed by atoms with van der Waals surface area (Å²) in [7, 11) is -1.94. The fraction of sp³-hybridized carbons (Fsp3) is 0.200. The minimum Gasteiger partial charge on any atom is -0.413 e. The van der Waals surface area contributed by atoms with E-state index >= 15 is 0 Å². The molecular formula is C40H48N2O2Si2. The Kier molecular flexibility index (Phi) is 12.7. The van der Waals surface area contributed by atoms with E-state index in [1.54, 1.807) is 0 Å². The third-order valence-corrected chi connectivity index (χ3v) is 11.7. The van der Waals surface area contributed by atoms with Crippen LogP contribution in [0.1, 0.15) is 39.5 Å². The molecule has 0 aliphatic rings. The Morgan fingerprint density at radius 3 is 1.17 bits per heavy atom. The minimum atomic E-state index is -0.969. The molecule has 4 rings (SSSR count). The van der Waals surface area contributed by atoms with Crippen molar-refractivity contribution in [1.82, 2.24) is 0 Å². The summed E-state index contributed by atoms with van der Waals surface area (Å²) in [4.78, 5) is 0. The lowest BCUT2D eigenvalue weighted by molar-refractivity contribution is 0.104. The van der Waals surface area contributed by atoms with Crippen molar-refractivity contribution in [3.8, 4) is 11.1 Å². The van der Waals surface area contributed by atoms with Crippen LogP contribution in [0.15, 0.2) is 148 Å². The van der Waals surface area contributed by atoms with Crippen LogP contribution in [-0.2, 0) is 8.85 Å². The maximum Gasteiger partial charge on any atom is 0.195 e. The summed E-state index contributed by atoms with van der Waals surface area (Å²) in [6.07, 6.45) is 10.9. The van der Waals surface area contributed by atoms with Crippen LogP contribution < -0.4 is 21.0 Å². The maximum absolute atomic E-state index is 6.49. The second-order valence-corrected chi connectivity index (χ2v) is 14.8. The fourth-order valence-corrected chi connectivity index (χ4v) is 8.13. The van der Waals surface area contributed by atoms with Gasteiger partial charge in [-0.1, -0.05) is 85.0 Å². The lowest BCUT2D eigenvalue weighted by Crippen LogP contribution is -2.34. The van der Waals surface area contributed by atoms with Crippen molar-refractivity contribution in [2.45, 2.75) is 50.7 Å². The molecule has 0 amide bonds. The molecular weight excluding hydrogens is 597 g/mol. The standard InChI is InChI=1S/C40H48N2O2Si2/c1-7-27-39(5,28-8-2)43-45-37-17-13-11-15-35(37)41-33-23-19-31(20-24-33)32-21-25-34(26-22-32)42-36-16-12-14-18-38(36)46-44-40(6,29-9-3)30-10-4/h7-26,41-42H,1-4,27-30,45-46H2,5-6H3. The summed E-state index contributed by atoms with van der Waals surface area (Å²) in [6.45, 7) is 19.9. The van der Waals surface area contributed by atoms with Gasteiger partial charge < -0.3 is 19.5 Å². The van der Waals surface area contributed by atoms with Crippen molar-refractivity contribution in [2.75, 3.05) is 10.6 Å². The highest BCUT2D eigenvalue weighted by Crippen LogP contribution is 2.27. The predicted molar refractivity (Wildman–Crippen MR) is 206 cm³/mol. The summed E-state index contributed by atoms with van der Waals surface area (Å²) in [5.41, 5.74) is 6.10. The summed E-state index contributed by atoms with van der Waals surface area (Å²) < 4.78 is 13.0. The molecule has 46 heavy (non-hydrogen) atoms. The highest BCUT2D eigenvalue weighted by Gasteiger charge is 2.23. The number of rotatable bonds is 19. The van der Waals surface area contributed by atoms with E-state index < -0.39 is 19.5 Å². The van der Waals surface area contributed by atoms with Crippen molar-refractivity contribution in [2.24, 2.45) is 0 Å². The number of anilines is 4. The van der Waals surface area contributed by atoms with Gasteiger partial charge in [0.25, 0.3) is 0 Å². The molecule has 0 radical (unpaired) electrons. The first-order chi connectivity index (χ1) is 22.3. The van der Waals surface area contributed by atoms with E-state index in [9.17, 15) is 0 Å². The van der Waals surface area contributed by atoms with E-state index in [2.05, 4.69) is 148 Å². The molecule has 4 aromatic rings. The van der Waals surface area contributed by atoms with Crippen molar-refractivity contribution in [1.29, 1.82) is 0 Å². The molecule has 6 heteroatoms. The largest absolute Gasteiger partial charge is 0.413 e. The normalized spacial score (nSPS) is 12.0. The molecule has 0 aromatic heterocycles. The van der Waals surface area contributed by atoms with Crippen molar-refractivity contribution in [3.05, 3.63) is 148 Å². The summed E-state index contributed by atoms with van der Waals surface area (Å²) in [5, 5.41) is 9.71. The molecule has 0 spiro atoms. The zero-order valence-electron chi connectivity index (χ0n) is 27.4. The van der Waals surface area contributed by atoms with Gasteiger partial charge >= 0.3 is 0 Å². The van der Waals surface area contributed by atoms with E-state index in [1.807, 2.05) is 24.3 Å². The van der Waals surface area contributed by atoms with Gasteiger partial charge in [-0.3, -0.25) is 0 Å². The van der Waals surface area contributed by atoms with Crippen molar-refractivity contribution in [3.63, 3.8) is 0 Å². The number of para-hydroxylation sites is 2. The van der Waals surface area contributed by atoms with Gasteiger partial charge in [-0.25, -0.2) is 0 Å². The third-order valence-electron chi connectivity index (χ3n) is 8.15. The van der Waals surface area contributed by atoms with Gasteiger partial charge in [-0.2, -0.15) is 0 Å². The summed E-state index contributed by atoms with van der Waals surface area (Å²) in [6, 6.07) is 34.0. The molecule has 0 aliphatic carbocycles. The molecule has 0 saturated heterocycles. The summed E-state index contributed by atoms with van der Waals surface area (Å²) in [5.74, 6) is 0. The van der Waals surface area contributed by atoms with Gasteiger partial charge in [-0.15, -0.1) is 26.3 Å². The van der Waals surface area contributed by atoms with Gasteiger partial charge in [0.15, 0.2) is 19.5 Å². The molecule has 0 atom stereocenters. The Morgan fingerprint density at radius 2 is 0.848 bits per heavy atom. The predicted octanol–water partition coefficient (Wildman–Crippen LogP) is 8.11. The lowest BCUT2D eigenvalue weighted by atomic mass is 9.99. The number of hydrogen-bond acceptors (Lipinski definition) is 4. The van der Waals surface area contributed by atoms with Crippen molar-refractivity contribution < 1.29 is 8.85 Å². The smallest absolute Gasteiger partial charge is 0.195 e. The Morgan fingerprint density at radius 1 is 0.522 bits per heavy atom. The monoisotopic (exact) mass is 644 g/mol. The van der Waals surface area contributed by atoms with Crippen LogP contribution in [0.5, 0.6) is 0 Å². The number of nitrogens with one attached hydrogen (secondary N) is 2. The van der Waals surface area contributed by atoms with Crippen LogP contribution in [0.3, 0.4) is 0 Å². The fourth-order valence-electron chi connectivity index (χ4n) is 5.47. The van der Waals surface area contributed by atoms with E-state index in [4.69, 9.17) is 8.85 Å². The highest BCUT2D eigenvalue weighted by molar-refractivity contribution is 6.50. The molecule has 0 aliphatic heterocycles. The first-order valence-corrected chi connectivity index (χ1v) is 18.5. The second-order valence-electron chi connectivity index (χ2n) is 12.2. The van der Waals surface area contributed by atoms with Crippen LogP contribution in [0, 0.1) is 0 Å². The van der Waals surface area contributed by atoms with E-state index in [-0.39, 0.29) is 11.2 Å². The van der Waals surface area contributed by atoms with Crippen LogP contribution in [0.4, 0.5) is 22.7 Å². The molecule has 0 fully saturated rings. The second kappa shape index (κ2) is 16.9. The lowest BCUT2D eigenvalue weighted by Gasteiger charge is -2.29. The molecule has 0 bridgehead atoms. The van der Waals surface area contributed by atoms with E-state index in [1.165, 1.54) is 10.4 Å². The minimum absolute atomic E-state index is 0.256. The SMILES string of the molecule is C=CCC(C)(CC=C)O[SiH2]c1ccccc1Nc1ccc(-c2ccc(Nc3ccccc3[SiH2]OC(C)(CC=C)CC=C)cc2)cc1. The van der Waals surface area contributed by atoms with E-state index in [0.717, 1.165) is 59.6 Å². The first kappa shape index (κ1) is 34.7. The zero-order chi connectivity index (χ0) is 32.8. The zero-order valence-corrected chi connectivity index (χ0v) is 30.3. The Bertz CT molecular complexity index is 1460. The maximum atomic E-state index is 6.49. The van der Waals surface area contributed by atoms with Gasteiger partial charge in [0.05, 0.1) is 11.2 Å². The number of benzene rings is 4. The average Bonchev–Trinajstić information content (AvgIpc) is 3.05. The first-order valence-electron chi connectivity index (χ1n) is 15.9. The van der Waals surface area contributed by atoms with Crippen molar-refractivity contribution >= 4 is 52.6 Å². The molecule has 4 nitrogen and oxygen atoms in total. The molecule has 238 valence electrons. The number of hydrogen-bond donors (Lipinski definition) is 2. The van der Waals surface area contributed by atoms with Crippen LogP contribution in [-0.4, -0.2) is 30.7 Å². The average molecular weight is 645 g/mol. The molecule has 0 saturated carbocycles. The topological polar surface area (TPSA) is 42.5 Å². The Labute approximate surface area is 280 Å². The molecule has 4 aromatic carbocycles. The van der Waals surface area contributed by atoms with E-state index in [0.29, 0.717) is 0 Å².